The Hall–Kier alpha value is -4.27. The first kappa shape index (κ1) is 30.2. The van der Waals surface area contributed by atoms with Gasteiger partial charge >= 0.3 is 0 Å². The van der Waals surface area contributed by atoms with Crippen molar-refractivity contribution in [2.75, 3.05) is 23.7 Å². The maximum atomic E-state index is 13.3. The van der Waals surface area contributed by atoms with Crippen LogP contribution in [0.25, 0.3) is 11.3 Å². The number of hydrogen-bond donors (Lipinski definition) is 3. The Bertz CT molecular complexity index is 1640. The number of piperidine rings is 1. The van der Waals surface area contributed by atoms with E-state index in [1.807, 2.05) is 67.6 Å². The summed E-state index contributed by atoms with van der Waals surface area (Å²) < 4.78 is 1.53. The van der Waals surface area contributed by atoms with Crippen molar-refractivity contribution in [3.63, 3.8) is 0 Å². The van der Waals surface area contributed by atoms with E-state index in [1.165, 1.54) is 4.57 Å². The molecule has 8 heteroatoms. The van der Waals surface area contributed by atoms with Crippen molar-refractivity contribution in [1.82, 2.24) is 14.5 Å². The Morgan fingerprint density at radius 2 is 1.81 bits per heavy atom. The molecule has 1 aliphatic heterocycles. The summed E-state index contributed by atoms with van der Waals surface area (Å²) in [5.74, 6) is 0.0975. The summed E-state index contributed by atoms with van der Waals surface area (Å²) in [6, 6.07) is 21.5. The predicted octanol–water partition coefficient (Wildman–Crippen LogP) is 6.05. The van der Waals surface area contributed by atoms with Gasteiger partial charge in [0.1, 0.15) is 0 Å². The lowest BCUT2D eigenvalue weighted by Crippen LogP contribution is -2.35. The van der Waals surface area contributed by atoms with Gasteiger partial charge in [-0.15, -0.1) is 0 Å². The number of hydrogen-bond acceptors (Lipinski definition) is 6. The molecule has 0 aliphatic carbocycles. The van der Waals surface area contributed by atoms with Crippen molar-refractivity contribution < 1.29 is 9.90 Å². The molecule has 5 rings (SSSR count). The highest BCUT2D eigenvalue weighted by Gasteiger charge is 2.18. The SMILES string of the molecule is CCCCc1ccccc1C(=O)Nc1cccc(-c2cn(C)c(=O)c(Nc3cccc(CN4CCC(O)CC4)c3)n2)c1C. The van der Waals surface area contributed by atoms with Crippen molar-refractivity contribution in [2.45, 2.75) is 58.6 Å². The van der Waals surface area contributed by atoms with E-state index in [-0.39, 0.29) is 23.4 Å². The number of aliphatic hydroxyl groups is 1. The Morgan fingerprint density at radius 3 is 2.60 bits per heavy atom. The monoisotopic (exact) mass is 579 g/mol. The number of aromatic nitrogens is 2. The fraction of sp³-hybridized carbons (Fsp3) is 0.343. The van der Waals surface area contributed by atoms with Crippen LogP contribution in [0.3, 0.4) is 0 Å². The van der Waals surface area contributed by atoms with Gasteiger partial charge in [0.05, 0.1) is 11.8 Å². The highest BCUT2D eigenvalue weighted by molar-refractivity contribution is 6.06. The zero-order valence-electron chi connectivity index (χ0n) is 25.3. The van der Waals surface area contributed by atoms with Gasteiger partial charge in [0.25, 0.3) is 11.5 Å². The lowest BCUT2D eigenvalue weighted by Gasteiger charge is -2.29. The third kappa shape index (κ3) is 7.39. The van der Waals surface area contributed by atoms with Crippen LogP contribution in [0.5, 0.6) is 0 Å². The smallest absolute Gasteiger partial charge is 0.293 e. The van der Waals surface area contributed by atoms with Gasteiger partial charge in [0, 0.05) is 55.4 Å². The largest absolute Gasteiger partial charge is 0.393 e. The first-order valence-corrected chi connectivity index (χ1v) is 15.2. The molecule has 0 atom stereocenters. The molecule has 3 N–H and O–H groups in total. The van der Waals surface area contributed by atoms with Crippen LogP contribution in [-0.4, -0.2) is 44.7 Å². The Morgan fingerprint density at radius 1 is 1.05 bits per heavy atom. The first-order valence-electron chi connectivity index (χ1n) is 15.2. The van der Waals surface area contributed by atoms with Crippen LogP contribution in [0.15, 0.2) is 77.7 Å². The normalized spacial score (nSPS) is 14.0. The molecule has 43 heavy (non-hydrogen) atoms. The molecule has 0 bridgehead atoms. The second-order valence-electron chi connectivity index (χ2n) is 11.4. The molecule has 1 aromatic heterocycles. The second-order valence-corrected chi connectivity index (χ2v) is 11.4. The van der Waals surface area contributed by atoms with Crippen LogP contribution < -0.4 is 16.2 Å². The minimum absolute atomic E-state index is 0.136. The number of amides is 1. The number of likely N-dealkylation sites (tertiary alicyclic amines) is 1. The van der Waals surface area contributed by atoms with Crippen LogP contribution in [0.1, 0.15) is 59.7 Å². The molecule has 0 unspecified atom stereocenters. The lowest BCUT2D eigenvalue weighted by molar-refractivity contribution is 0.0792. The number of carbonyl (C=O) groups is 1. The molecule has 3 aromatic carbocycles. The minimum Gasteiger partial charge on any atom is -0.393 e. The summed E-state index contributed by atoms with van der Waals surface area (Å²) in [5, 5.41) is 16.2. The van der Waals surface area contributed by atoms with E-state index >= 15 is 0 Å². The highest BCUT2D eigenvalue weighted by Crippen LogP contribution is 2.29. The van der Waals surface area contributed by atoms with Gasteiger partial charge in [-0.2, -0.15) is 0 Å². The Labute approximate surface area is 253 Å². The number of benzene rings is 3. The average molecular weight is 580 g/mol. The van der Waals surface area contributed by atoms with Crippen LogP contribution in [0.2, 0.25) is 0 Å². The quantitative estimate of drug-likeness (QED) is 0.212. The molecule has 2 heterocycles. The molecular weight excluding hydrogens is 538 g/mol. The summed E-state index contributed by atoms with van der Waals surface area (Å²) in [5.41, 5.74) is 6.45. The van der Waals surface area contributed by atoms with E-state index in [9.17, 15) is 14.7 Å². The molecule has 4 aromatic rings. The van der Waals surface area contributed by atoms with Crippen LogP contribution in [0, 0.1) is 6.92 Å². The number of aryl methyl sites for hydroxylation is 2. The molecule has 1 aliphatic rings. The second kappa shape index (κ2) is 13.8. The van der Waals surface area contributed by atoms with E-state index in [4.69, 9.17) is 4.98 Å². The van der Waals surface area contributed by atoms with Crippen molar-refractivity contribution in [2.24, 2.45) is 7.05 Å². The van der Waals surface area contributed by atoms with Crippen LogP contribution in [0.4, 0.5) is 17.2 Å². The van der Waals surface area contributed by atoms with E-state index in [1.54, 1.807) is 13.2 Å². The van der Waals surface area contributed by atoms with Crippen LogP contribution in [-0.2, 0) is 20.0 Å². The third-order valence-corrected chi connectivity index (χ3v) is 8.14. The maximum Gasteiger partial charge on any atom is 0.293 e. The number of anilines is 3. The van der Waals surface area contributed by atoms with Crippen LogP contribution >= 0.6 is 0 Å². The number of rotatable bonds is 10. The zero-order valence-corrected chi connectivity index (χ0v) is 25.3. The van der Waals surface area contributed by atoms with E-state index in [0.29, 0.717) is 16.9 Å². The molecule has 1 saturated heterocycles. The zero-order chi connectivity index (χ0) is 30.3. The molecule has 0 radical (unpaired) electrons. The molecule has 0 saturated carbocycles. The molecule has 8 nitrogen and oxygen atoms in total. The summed E-state index contributed by atoms with van der Waals surface area (Å²) in [4.78, 5) is 33.5. The standard InChI is InChI=1S/C35H41N5O3/c1-4-5-11-26-12-6-7-14-30(26)34(42)38-31-16-9-15-29(24(31)2)32-23-39(3)35(43)33(37-32)36-27-13-8-10-25(21-27)22-40-19-17-28(41)18-20-40/h6-10,12-16,21,23,28,41H,4-5,11,17-20,22H2,1-3H3,(H,36,37)(H,38,42). The summed E-state index contributed by atoms with van der Waals surface area (Å²) in [6.07, 6.45) is 6.07. The summed E-state index contributed by atoms with van der Waals surface area (Å²) in [6.45, 7) is 6.62. The predicted molar refractivity (Wildman–Crippen MR) is 173 cm³/mol. The van der Waals surface area contributed by atoms with Crippen molar-refractivity contribution >= 4 is 23.1 Å². The molecule has 224 valence electrons. The fourth-order valence-electron chi connectivity index (χ4n) is 5.60. The molecule has 0 spiro atoms. The molecule has 1 fully saturated rings. The summed E-state index contributed by atoms with van der Waals surface area (Å²) in [7, 11) is 1.72. The number of carbonyl (C=O) groups excluding carboxylic acids is 1. The van der Waals surface area contributed by atoms with E-state index in [2.05, 4.69) is 28.5 Å². The first-order chi connectivity index (χ1) is 20.8. The van der Waals surface area contributed by atoms with E-state index < -0.39 is 0 Å². The molecule has 1 amide bonds. The third-order valence-electron chi connectivity index (χ3n) is 8.14. The van der Waals surface area contributed by atoms with E-state index in [0.717, 1.165) is 79.7 Å². The Balaban J connectivity index is 1.37. The van der Waals surface area contributed by atoms with Gasteiger partial charge in [-0.1, -0.05) is 55.8 Å². The minimum atomic E-state index is -0.232. The Kier molecular flexibility index (Phi) is 9.69. The summed E-state index contributed by atoms with van der Waals surface area (Å²) >= 11 is 0. The van der Waals surface area contributed by atoms with Gasteiger partial charge < -0.3 is 20.3 Å². The maximum absolute atomic E-state index is 13.3. The van der Waals surface area contributed by atoms with Crippen molar-refractivity contribution in [3.8, 4) is 11.3 Å². The lowest BCUT2D eigenvalue weighted by atomic mass is 10.0. The van der Waals surface area contributed by atoms with Gasteiger partial charge in [0.2, 0.25) is 0 Å². The van der Waals surface area contributed by atoms with Gasteiger partial charge in [-0.3, -0.25) is 14.5 Å². The topological polar surface area (TPSA) is 99.5 Å². The van der Waals surface area contributed by atoms with Gasteiger partial charge in [-0.25, -0.2) is 4.98 Å². The number of aliphatic hydroxyl groups excluding tert-OH is 1. The number of nitrogens with one attached hydrogen (secondary N) is 2. The fourth-order valence-corrected chi connectivity index (χ4v) is 5.60. The average Bonchev–Trinajstić information content (AvgIpc) is 3.01. The van der Waals surface area contributed by atoms with Crippen molar-refractivity contribution in [3.05, 3.63) is 106 Å². The van der Waals surface area contributed by atoms with Gasteiger partial charge in [-0.05, 0) is 73.6 Å². The number of nitrogens with zero attached hydrogens (tertiary/aromatic N) is 3. The highest BCUT2D eigenvalue weighted by atomic mass is 16.3. The van der Waals surface area contributed by atoms with Gasteiger partial charge in [0.15, 0.2) is 5.82 Å². The number of unbranched alkanes of at least 4 members (excludes halogenated alkanes) is 1. The van der Waals surface area contributed by atoms with Crippen molar-refractivity contribution in [1.29, 1.82) is 0 Å². The molecular formula is C35H41N5O3.